The molecule has 0 fully saturated rings. The standard InChI is InChI=1S/C30H19ClF3NS/c1-2-3-4-5-6-7-21-8-10-22(11-9-21)12-13-23-16-26(31)25(27(32)17-23)15-14-24-18-28(33)30(35-20-36)29(34)19-24/h8-11,16-19H,2-5H2,1H3. The van der Waals surface area contributed by atoms with Gasteiger partial charge in [0, 0.05) is 28.7 Å². The Labute approximate surface area is 219 Å². The highest BCUT2D eigenvalue weighted by molar-refractivity contribution is 7.78. The summed E-state index contributed by atoms with van der Waals surface area (Å²) in [6.45, 7) is 2.16. The van der Waals surface area contributed by atoms with Gasteiger partial charge in [-0.25, -0.2) is 13.2 Å². The molecule has 0 aliphatic heterocycles. The molecule has 0 radical (unpaired) electrons. The lowest BCUT2D eigenvalue weighted by molar-refractivity contribution is 0.587. The van der Waals surface area contributed by atoms with Crippen LogP contribution in [0.1, 0.15) is 60.4 Å². The lowest BCUT2D eigenvalue weighted by Gasteiger charge is -2.01. The van der Waals surface area contributed by atoms with Crippen LogP contribution < -0.4 is 0 Å². The minimum atomic E-state index is -0.958. The Balaban J connectivity index is 1.76. The van der Waals surface area contributed by atoms with Crippen molar-refractivity contribution >= 4 is 34.7 Å². The number of halogens is 4. The number of rotatable bonds is 4. The van der Waals surface area contributed by atoms with Crippen molar-refractivity contribution in [3.63, 3.8) is 0 Å². The maximum Gasteiger partial charge on any atom is 0.153 e. The summed E-state index contributed by atoms with van der Waals surface area (Å²) in [6.07, 6.45) is 4.33. The summed E-state index contributed by atoms with van der Waals surface area (Å²) in [5.41, 5.74) is 1.34. The van der Waals surface area contributed by atoms with E-state index in [-0.39, 0.29) is 16.1 Å². The summed E-state index contributed by atoms with van der Waals surface area (Å²) >= 11 is 10.6. The monoisotopic (exact) mass is 517 g/mol. The zero-order valence-electron chi connectivity index (χ0n) is 19.3. The van der Waals surface area contributed by atoms with Crippen LogP contribution in [0.15, 0.2) is 53.5 Å². The van der Waals surface area contributed by atoms with E-state index in [1.807, 2.05) is 29.4 Å². The number of isothiocyanates is 1. The average molecular weight is 518 g/mol. The Kier molecular flexibility index (Phi) is 9.94. The Morgan fingerprint density at radius 3 is 1.92 bits per heavy atom. The highest BCUT2D eigenvalue weighted by Crippen LogP contribution is 2.24. The Hall–Kier alpha value is -3.78. The summed E-state index contributed by atoms with van der Waals surface area (Å²) in [6, 6.07) is 12.1. The SMILES string of the molecule is CCCCCC#Cc1ccc(C#Cc2cc(F)c(C#Cc3cc(F)c(N=C=S)c(F)c3)c(Cl)c2)cc1. The molecule has 0 heterocycles. The molecule has 0 aliphatic carbocycles. The second-order valence-electron chi connectivity index (χ2n) is 7.64. The molecule has 3 aromatic rings. The molecule has 0 bridgehead atoms. The van der Waals surface area contributed by atoms with Gasteiger partial charge in [-0.3, -0.25) is 0 Å². The molecule has 3 aromatic carbocycles. The molecule has 0 saturated carbocycles. The molecule has 6 heteroatoms. The summed E-state index contributed by atoms with van der Waals surface area (Å²) in [7, 11) is 0. The summed E-state index contributed by atoms with van der Waals surface area (Å²) < 4.78 is 42.6. The van der Waals surface area contributed by atoms with Crippen molar-refractivity contribution < 1.29 is 13.2 Å². The van der Waals surface area contributed by atoms with Gasteiger partial charge in [0.25, 0.3) is 0 Å². The van der Waals surface area contributed by atoms with E-state index in [4.69, 9.17) is 11.6 Å². The van der Waals surface area contributed by atoms with Crippen LogP contribution in [0.2, 0.25) is 5.02 Å². The topological polar surface area (TPSA) is 12.4 Å². The highest BCUT2D eigenvalue weighted by Gasteiger charge is 2.10. The molecule has 0 unspecified atom stereocenters. The van der Waals surface area contributed by atoms with Crippen molar-refractivity contribution in [2.24, 2.45) is 4.99 Å². The van der Waals surface area contributed by atoms with Gasteiger partial charge in [-0.15, -0.1) is 0 Å². The first-order valence-electron chi connectivity index (χ1n) is 11.1. The number of nitrogens with zero attached hydrogens (tertiary/aromatic N) is 1. The van der Waals surface area contributed by atoms with Gasteiger partial charge >= 0.3 is 0 Å². The Bertz CT molecular complexity index is 1460. The van der Waals surface area contributed by atoms with Crippen LogP contribution >= 0.6 is 23.8 Å². The molecule has 1 nitrogen and oxygen atoms in total. The first-order valence-corrected chi connectivity index (χ1v) is 11.9. The third kappa shape index (κ3) is 7.61. The fraction of sp³-hybridized carbons (Fsp3) is 0.167. The van der Waals surface area contributed by atoms with E-state index in [9.17, 15) is 13.2 Å². The Morgan fingerprint density at radius 1 is 0.750 bits per heavy atom. The van der Waals surface area contributed by atoms with Crippen molar-refractivity contribution in [3.8, 4) is 35.5 Å². The van der Waals surface area contributed by atoms with Crippen molar-refractivity contribution in [1.82, 2.24) is 0 Å². The normalized spacial score (nSPS) is 9.58. The highest BCUT2D eigenvalue weighted by atomic mass is 35.5. The van der Waals surface area contributed by atoms with Crippen molar-refractivity contribution in [2.75, 3.05) is 0 Å². The number of thiocarbonyl (C=S) groups is 1. The zero-order chi connectivity index (χ0) is 25.9. The van der Waals surface area contributed by atoms with Gasteiger partial charge < -0.3 is 0 Å². The third-order valence-electron chi connectivity index (χ3n) is 4.92. The smallest absolute Gasteiger partial charge is 0.153 e. The summed E-state index contributed by atoms with van der Waals surface area (Å²) in [5.74, 6) is 14.6. The van der Waals surface area contributed by atoms with Crippen LogP contribution in [-0.4, -0.2) is 5.16 Å². The molecule has 0 spiro atoms. The van der Waals surface area contributed by atoms with Gasteiger partial charge in [-0.2, -0.15) is 4.99 Å². The zero-order valence-corrected chi connectivity index (χ0v) is 20.9. The Morgan fingerprint density at radius 2 is 1.31 bits per heavy atom. The van der Waals surface area contributed by atoms with Crippen molar-refractivity contribution in [3.05, 3.63) is 98.8 Å². The van der Waals surface area contributed by atoms with Gasteiger partial charge in [-0.1, -0.05) is 66.9 Å². The maximum atomic E-state index is 14.7. The number of unbranched alkanes of at least 4 members (excludes halogenated alkanes) is 3. The second-order valence-corrected chi connectivity index (χ2v) is 8.23. The van der Waals surface area contributed by atoms with Crippen LogP contribution in [0.3, 0.4) is 0 Å². The van der Waals surface area contributed by atoms with Gasteiger partial charge in [0.15, 0.2) is 11.6 Å². The molecular formula is C30H19ClF3NS. The van der Waals surface area contributed by atoms with E-state index in [0.29, 0.717) is 5.56 Å². The molecule has 0 amide bonds. The third-order valence-corrected chi connectivity index (χ3v) is 5.31. The molecular weight excluding hydrogens is 499 g/mol. The van der Waals surface area contributed by atoms with E-state index in [1.54, 1.807) is 0 Å². The number of benzene rings is 3. The van der Waals surface area contributed by atoms with E-state index >= 15 is 0 Å². The molecule has 0 saturated heterocycles. The fourth-order valence-corrected chi connectivity index (χ4v) is 3.45. The van der Waals surface area contributed by atoms with Gasteiger partial charge in [0.1, 0.15) is 11.5 Å². The van der Waals surface area contributed by atoms with Crippen molar-refractivity contribution in [2.45, 2.75) is 32.6 Å². The lowest BCUT2D eigenvalue weighted by Crippen LogP contribution is -1.90. The van der Waals surface area contributed by atoms with E-state index in [0.717, 1.165) is 36.1 Å². The predicted octanol–water partition coefficient (Wildman–Crippen LogP) is 8.22. The quantitative estimate of drug-likeness (QED) is 0.147. The van der Waals surface area contributed by atoms with Crippen LogP contribution in [0.25, 0.3) is 0 Å². The maximum absolute atomic E-state index is 14.7. The van der Waals surface area contributed by atoms with Gasteiger partial charge in [0.05, 0.1) is 15.7 Å². The van der Waals surface area contributed by atoms with E-state index in [2.05, 4.69) is 59.7 Å². The molecule has 36 heavy (non-hydrogen) atoms. The number of aliphatic imine (C=N–C) groups is 1. The molecule has 3 rings (SSSR count). The number of hydrogen-bond donors (Lipinski definition) is 0. The van der Waals surface area contributed by atoms with Crippen LogP contribution in [0.5, 0.6) is 0 Å². The molecule has 0 aliphatic rings. The van der Waals surface area contributed by atoms with Gasteiger partial charge in [-0.05, 0) is 67.2 Å². The second kappa shape index (κ2) is 13.3. The van der Waals surface area contributed by atoms with E-state index < -0.39 is 23.1 Å². The average Bonchev–Trinajstić information content (AvgIpc) is 2.85. The van der Waals surface area contributed by atoms with Crippen LogP contribution in [0.4, 0.5) is 18.9 Å². The number of hydrogen-bond acceptors (Lipinski definition) is 2. The largest absolute Gasteiger partial charge is 0.206 e. The van der Waals surface area contributed by atoms with Gasteiger partial charge in [0.2, 0.25) is 0 Å². The minimum absolute atomic E-state index is 0.0123. The van der Waals surface area contributed by atoms with E-state index in [1.165, 1.54) is 25.0 Å². The molecule has 0 atom stereocenters. The summed E-state index contributed by atoms with van der Waals surface area (Å²) in [4.78, 5) is 3.33. The molecule has 178 valence electrons. The molecule has 0 aromatic heterocycles. The first kappa shape index (κ1) is 26.8. The molecule has 0 N–H and O–H groups in total. The minimum Gasteiger partial charge on any atom is -0.206 e. The van der Waals surface area contributed by atoms with Crippen LogP contribution in [-0.2, 0) is 0 Å². The fourth-order valence-electron chi connectivity index (χ4n) is 3.10. The predicted molar refractivity (Wildman–Crippen MR) is 142 cm³/mol. The first-order chi connectivity index (χ1) is 17.4. The van der Waals surface area contributed by atoms with Crippen LogP contribution in [0, 0.1) is 53.0 Å². The summed E-state index contributed by atoms with van der Waals surface area (Å²) in [5, 5.41) is 1.94. The lowest BCUT2D eigenvalue weighted by atomic mass is 10.1. The van der Waals surface area contributed by atoms with Crippen molar-refractivity contribution in [1.29, 1.82) is 0 Å².